The van der Waals surface area contributed by atoms with E-state index in [1.807, 2.05) is 0 Å². The van der Waals surface area contributed by atoms with Gasteiger partial charge < -0.3 is 0 Å². The molecule has 5 heteroatoms. The van der Waals surface area contributed by atoms with Gasteiger partial charge in [-0.3, -0.25) is 9.63 Å². The number of hydrogen-bond donors (Lipinski definition) is 1. The van der Waals surface area contributed by atoms with Gasteiger partial charge in [0.1, 0.15) is 5.70 Å². The van der Waals surface area contributed by atoms with Crippen LogP contribution in [0.3, 0.4) is 0 Å². The Hall–Kier alpha value is -1.26. The highest BCUT2D eigenvalue weighted by atomic mass is 35.5. The van der Waals surface area contributed by atoms with Crippen molar-refractivity contribution in [3.8, 4) is 0 Å². The molecule has 0 spiro atoms. The summed E-state index contributed by atoms with van der Waals surface area (Å²) in [6.45, 7) is 0. The molecule has 1 N–H and O–H groups in total. The van der Waals surface area contributed by atoms with Gasteiger partial charge in [-0.05, 0) is 12.2 Å². The molecule has 0 unspecified atom stereocenters. The van der Waals surface area contributed by atoms with Crippen molar-refractivity contribution >= 4 is 18.0 Å². The lowest BCUT2D eigenvalue weighted by Crippen LogP contribution is -2.20. The fraction of sp³-hybridized carbons (Fsp3) is 0. The second kappa shape index (κ2) is 2.66. The zero-order chi connectivity index (χ0) is 8.55. The Balaban J connectivity index is 2.40. The maximum absolute atomic E-state index is 9.23. The van der Waals surface area contributed by atoms with Gasteiger partial charge >= 0.3 is 0 Å². The Morgan fingerprint density at radius 1 is 1.50 bits per heavy atom. The van der Waals surface area contributed by atoms with Gasteiger partial charge in [-0.1, -0.05) is 0 Å². The molecule has 0 aliphatic carbocycles. The van der Waals surface area contributed by atoms with Crippen LogP contribution in [0, 0.1) is 0 Å². The Morgan fingerprint density at radius 2 is 2.33 bits per heavy atom. The summed E-state index contributed by atoms with van der Waals surface area (Å²) < 4.78 is 1.33. The van der Waals surface area contributed by atoms with Crippen LogP contribution in [0.25, 0.3) is 0 Å². The zero-order valence-corrected chi connectivity index (χ0v) is 6.81. The minimum atomic E-state index is 0.565. The number of allylic oxidation sites excluding steroid dienone is 2. The first kappa shape index (κ1) is 7.39. The predicted molar refractivity (Wildman–Crippen MR) is 45.1 cm³/mol. The summed E-state index contributed by atoms with van der Waals surface area (Å²) in [6, 6.07) is 0. The van der Waals surface area contributed by atoms with Crippen molar-refractivity contribution in [2.75, 3.05) is 0 Å². The molecule has 0 atom stereocenters. The highest BCUT2D eigenvalue weighted by Gasteiger charge is 2.16. The summed E-state index contributed by atoms with van der Waals surface area (Å²) in [5.74, 6) is 0. The Labute approximate surface area is 74.4 Å². The summed E-state index contributed by atoms with van der Waals surface area (Å²) in [6.07, 6.45) is 8.35. The van der Waals surface area contributed by atoms with Gasteiger partial charge in [-0.25, -0.2) is 0 Å². The molecule has 0 saturated carbocycles. The fourth-order valence-electron chi connectivity index (χ4n) is 1.02. The number of nitrogens with zero attached hydrogens (tertiary/aromatic N) is 3. The number of fused-ring (bicyclic) bond motifs is 1. The van der Waals surface area contributed by atoms with Gasteiger partial charge in [-0.2, -0.15) is 5.10 Å². The van der Waals surface area contributed by atoms with Gasteiger partial charge in [0.05, 0.1) is 6.21 Å². The molecule has 0 fully saturated rings. The van der Waals surface area contributed by atoms with Crippen molar-refractivity contribution < 1.29 is 5.21 Å². The van der Waals surface area contributed by atoms with Crippen LogP contribution in [0.2, 0.25) is 0 Å². The maximum Gasteiger partial charge on any atom is 0.115 e. The van der Waals surface area contributed by atoms with E-state index < -0.39 is 0 Å². The van der Waals surface area contributed by atoms with Crippen LogP contribution in [-0.2, 0) is 0 Å². The first-order valence-corrected chi connectivity index (χ1v) is 3.69. The van der Waals surface area contributed by atoms with Crippen LogP contribution >= 0.6 is 11.8 Å². The topological polar surface area (TPSA) is 39.1 Å². The van der Waals surface area contributed by atoms with E-state index in [0.29, 0.717) is 5.70 Å². The third-order valence-electron chi connectivity index (χ3n) is 1.58. The minimum absolute atomic E-state index is 0.565. The van der Waals surface area contributed by atoms with Crippen molar-refractivity contribution in [1.82, 2.24) is 9.59 Å². The zero-order valence-electron chi connectivity index (χ0n) is 6.05. The molecule has 0 bridgehead atoms. The van der Waals surface area contributed by atoms with Crippen molar-refractivity contribution in [3.05, 3.63) is 35.8 Å². The van der Waals surface area contributed by atoms with Gasteiger partial charge in [0, 0.05) is 29.7 Å². The normalized spacial score (nSPS) is 20.5. The minimum Gasteiger partial charge on any atom is -0.267 e. The Bertz CT molecular complexity index is 319. The van der Waals surface area contributed by atoms with Crippen molar-refractivity contribution in [2.24, 2.45) is 5.10 Å². The van der Waals surface area contributed by atoms with E-state index in [1.165, 1.54) is 10.6 Å². The molecule has 62 valence electrons. The van der Waals surface area contributed by atoms with Crippen LogP contribution in [0.5, 0.6) is 0 Å². The molecule has 2 rings (SSSR count). The molecule has 2 heterocycles. The van der Waals surface area contributed by atoms with E-state index in [9.17, 15) is 5.21 Å². The lowest BCUT2D eigenvalue weighted by Gasteiger charge is -2.22. The summed E-state index contributed by atoms with van der Waals surface area (Å²) in [5.41, 5.74) is 1.44. The molecule has 12 heavy (non-hydrogen) atoms. The molecule has 0 saturated heterocycles. The van der Waals surface area contributed by atoms with E-state index in [1.54, 1.807) is 24.6 Å². The van der Waals surface area contributed by atoms with E-state index in [0.717, 1.165) is 10.7 Å². The van der Waals surface area contributed by atoms with Crippen LogP contribution < -0.4 is 0 Å². The Kier molecular flexibility index (Phi) is 1.64. The molecule has 0 aromatic rings. The molecule has 0 amide bonds. The van der Waals surface area contributed by atoms with Crippen LogP contribution in [0.15, 0.2) is 40.9 Å². The molecular weight excluding hydrogens is 178 g/mol. The molecule has 2 aliphatic heterocycles. The van der Waals surface area contributed by atoms with Crippen LogP contribution in [0.4, 0.5) is 0 Å². The lowest BCUT2D eigenvalue weighted by molar-refractivity contribution is -0.0516. The van der Waals surface area contributed by atoms with Gasteiger partial charge in [0.15, 0.2) is 0 Å². The number of halogens is 1. The highest BCUT2D eigenvalue weighted by Crippen LogP contribution is 2.23. The van der Waals surface area contributed by atoms with Crippen LogP contribution in [-0.4, -0.2) is 21.0 Å². The average molecular weight is 184 g/mol. The molecule has 0 aromatic carbocycles. The first-order chi connectivity index (χ1) is 5.77. The third-order valence-corrected chi connectivity index (χ3v) is 1.79. The second-order valence-corrected chi connectivity index (χ2v) is 2.74. The van der Waals surface area contributed by atoms with Crippen molar-refractivity contribution in [2.45, 2.75) is 0 Å². The fourth-order valence-corrected chi connectivity index (χ4v) is 1.17. The van der Waals surface area contributed by atoms with Gasteiger partial charge in [0.25, 0.3) is 0 Å². The maximum atomic E-state index is 9.23. The first-order valence-electron chi connectivity index (χ1n) is 3.35. The SMILES string of the molecule is ON1N=CC=C2C=CN(Cl)C=C21. The second-order valence-electron chi connectivity index (χ2n) is 2.35. The monoisotopic (exact) mass is 183 g/mol. The summed E-state index contributed by atoms with van der Waals surface area (Å²) in [5, 5.41) is 13.7. The standard InChI is InChI=1S/C7H6ClN3O/c8-10-4-2-6-1-3-9-11(12)7(6)5-10/h1-5,12H. The van der Waals surface area contributed by atoms with Crippen molar-refractivity contribution in [3.63, 3.8) is 0 Å². The average Bonchev–Trinajstić information content (AvgIpc) is 2.07. The summed E-state index contributed by atoms with van der Waals surface area (Å²) in [4.78, 5) is 0. The largest absolute Gasteiger partial charge is 0.267 e. The van der Waals surface area contributed by atoms with E-state index >= 15 is 0 Å². The highest BCUT2D eigenvalue weighted by molar-refractivity contribution is 6.14. The molecule has 0 aromatic heterocycles. The Morgan fingerprint density at radius 3 is 3.17 bits per heavy atom. The number of hydrazone groups is 1. The van der Waals surface area contributed by atoms with Crippen LogP contribution in [0.1, 0.15) is 0 Å². The van der Waals surface area contributed by atoms with Gasteiger partial charge in [-0.15, -0.1) is 5.17 Å². The molecule has 0 radical (unpaired) electrons. The van der Waals surface area contributed by atoms with E-state index in [4.69, 9.17) is 11.8 Å². The smallest absolute Gasteiger partial charge is 0.115 e. The van der Waals surface area contributed by atoms with E-state index in [-0.39, 0.29) is 0 Å². The van der Waals surface area contributed by atoms with E-state index in [2.05, 4.69) is 5.10 Å². The molecule has 4 nitrogen and oxygen atoms in total. The third kappa shape index (κ3) is 1.11. The molecule has 2 aliphatic rings. The molecular formula is C7H6ClN3O. The summed E-state index contributed by atoms with van der Waals surface area (Å²) in [7, 11) is 0. The van der Waals surface area contributed by atoms with Gasteiger partial charge in [0.2, 0.25) is 0 Å². The quantitative estimate of drug-likeness (QED) is 0.578. The van der Waals surface area contributed by atoms with Crippen molar-refractivity contribution in [1.29, 1.82) is 0 Å². The lowest BCUT2D eigenvalue weighted by atomic mass is 10.1. The predicted octanol–water partition coefficient (Wildman–Crippen LogP) is 1.43. The number of rotatable bonds is 0. The number of hydroxylamine groups is 1. The summed E-state index contributed by atoms with van der Waals surface area (Å²) >= 11 is 5.66. The number of hydrogen-bond acceptors (Lipinski definition) is 4.